The van der Waals surface area contributed by atoms with Gasteiger partial charge in [0, 0.05) is 41.3 Å². The number of dihydropyridines is 1. The predicted octanol–water partition coefficient (Wildman–Crippen LogP) is 6.45. The molecule has 1 heterocycles. The van der Waals surface area contributed by atoms with Crippen molar-refractivity contribution >= 4 is 34.2 Å². The number of allylic oxidation sites excluding steroid dienone is 4. The summed E-state index contributed by atoms with van der Waals surface area (Å²) in [4.78, 5) is 27.1. The summed E-state index contributed by atoms with van der Waals surface area (Å²) in [5.74, 6) is 1.25. The normalized spacial score (nSPS) is 21.9. The summed E-state index contributed by atoms with van der Waals surface area (Å²) in [6.07, 6.45) is 2.55. The van der Waals surface area contributed by atoms with Gasteiger partial charge < -0.3 is 14.8 Å². The van der Waals surface area contributed by atoms with Gasteiger partial charge in [0.15, 0.2) is 23.1 Å². The van der Waals surface area contributed by atoms with E-state index in [2.05, 4.69) is 61.7 Å². The Kier molecular flexibility index (Phi) is 6.68. The molecule has 5 nitrogen and oxygen atoms in total. The van der Waals surface area contributed by atoms with E-state index in [0.717, 1.165) is 44.5 Å². The number of halogens is 1. The molecule has 4 rings (SSSR count). The molecule has 0 radical (unpaired) electrons. The summed E-state index contributed by atoms with van der Waals surface area (Å²) >= 11 is 2.28. The minimum Gasteiger partial charge on any atom is -0.490 e. The lowest BCUT2D eigenvalue weighted by molar-refractivity contribution is -0.119. The van der Waals surface area contributed by atoms with Gasteiger partial charge >= 0.3 is 0 Å². The third kappa shape index (κ3) is 4.79. The van der Waals surface area contributed by atoms with Gasteiger partial charge in [0.2, 0.25) is 0 Å². The average Bonchev–Trinajstić information content (AvgIpc) is 2.66. The van der Waals surface area contributed by atoms with E-state index >= 15 is 0 Å². The number of ether oxygens (including phenoxy) is 2. The van der Waals surface area contributed by atoms with E-state index in [1.807, 2.05) is 26.8 Å². The molecule has 1 aromatic carbocycles. The molecule has 6 heteroatoms. The summed E-state index contributed by atoms with van der Waals surface area (Å²) < 4.78 is 13.0. The summed E-state index contributed by atoms with van der Waals surface area (Å²) in [6, 6.07) is 4.04. The first-order valence-electron chi connectivity index (χ1n) is 12.2. The standard InChI is InChI=1S/C28H36INO4/c1-8-33-22-10-16(9-17(29)26(22)34-15(2)3)23-24-18(11-27(4,5)13-20(24)31)30-19-12-28(6,7)14-21(32)25(19)23/h9-10,15,23,30H,8,11-14H2,1-7H3. The summed E-state index contributed by atoms with van der Waals surface area (Å²) in [6.45, 7) is 15.0. The number of ketones is 2. The van der Waals surface area contributed by atoms with Crippen LogP contribution in [0.15, 0.2) is 34.7 Å². The van der Waals surface area contributed by atoms with Gasteiger partial charge in [-0.05, 0) is 84.7 Å². The molecule has 2 aliphatic carbocycles. The van der Waals surface area contributed by atoms with Crippen LogP contribution >= 0.6 is 22.6 Å². The Labute approximate surface area is 216 Å². The maximum absolute atomic E-state index is 13.6. The maximum Gasteiger partial charge on any atom is 0.174 e. The van der Waals surface area contributed by atoms with Gasteiger partial charge in [-0.2, -0.15) is 0 Å². The lowest BCUT2D eigenvalue weighted by atomic mass is 9.64. The number of nitrogens with one attached hydrogen (secondary N) is 1. The molecule has 0 amide bonds. The predicted molar refractivity (Wildman–Crippen MR) is 142 cm³/mol. The van der Waals surface area contributed by atoms with E-state index in [9.17, 15) is 9.59 Å². The molecule has 0 atom stereocenters. The fourth-order valence-corrected chi connectivity index (χ4v) is 6.34. The molecule has 1 aliphatic heterocycles. The highest BCUT2D eigenvalue weighted by molar-refractivity contribution is 14.1. The molecular formula is C28H36INO4. The molecule has 3 aliphatic rings. The monoisotopic (exact) mass is 577 g/mol. The number of benzene rings is 1. The molecule has 1 aromatic rings. The molecule has 0 bridgehead atoms. The first-order valence-corrected chi connectivity index (χ1v) is 13.3. The smallest absolute Gasteiger partial charge is 0.174 e. The van der Waals surface area contributed by atoms with Crippen LogP contribution in [0.1, 0.15) is 85.6 Å². The molecule has 0 spiro atoms. The first-order chi connectivity index (χ1) is 15.8. The number of carbonyl (C=O) groups excluding carboxylic acids is 2. The van der Waals surface area contributed by atoms with Crippen LogP contribution in [-0.2, 0) is 9.59 Å². The van der Waals surface area contributed by atoms with E-state index < -0.39 is 0 Å². The molecule has 184 valence electrons. The van der Waals surface area contributed by atoms with Crippen LogP contribution in [0.25, 0.3) is 0 Å². The van der Waals surface area contributed by atoms with Crippen molar-refractivity contribution in [1.29, 1.82) is 0 Å². The number of rotatable bonds is 5. The average molecular weight is 578 g/mol. The third-order valence-corrected chi connectivity index (χ3v) is 7.54. The first kappa shape index (κ1) is 25.3. The molecule has 34 heavy (non-hydrogen) atoms. The van der Waals surface area contributed by atoms with Crippen molar-refractivity contribution in [3.8, 4) is 11.5 Å². The van der Waals surface area contributed by atoms with Crippen molar-refractivity contribution in [1.82, 2.24) is 5.32 Å². The Bertz CT molecular complexity index is 1060. The fourth-order valence-electron chi connectivity index (χ4n) is 5.59. The number of hydrogen-bond acceptors (Lipinski definition) is 5. The topological polar surface area (TPSA) is 64.6 Å². The Balaban J connectivity index is 1.93. The summed E-state index contributed by atoms with van der Waals surface area (Å²) in [5.41, 5.74) is 4.16. The van der Waals surface area contributed by atoms with Gasteiger partial charge in [0.25, 0.3) is 0 Å². The molecule has 0 fully saturated rings. The lowest BCUT2D eigenvalue weighted by Gasteiger charge is -2.44. The summed E-state index contributed by atoms with van der Waals surface area (Å²) in [5, 5.41) is 3.58. The van der Waals surface area contributed by atoms with Gasteiger partial charge in [0.1, 0.15) is 0 Å². The van der Waals surface area contributed by atoms with Crippen LogP contribution in [0.3, 0.4) is 0 Å². The van der Waals surface area contributed by atoms with Crippen molar-refractivity contribution in [2.24, 2.45) is 10.8 Å². The van der Waals surface area contributed by atoms with Crippen molar-refractivity contribution in [3.05, 3.63) is 43.8 Å². The Morgan fingerprint density at radius 3 is 1.97 bits per heavy atom. The van der Waals surface area contributed by atoms with Crippen molar-refractivity contribution < 1.29 is 19.1 Å². The maximum atomic E-state index is 13.6. The third-order valence-electron chi connectivity index (χ3n) is 6.74. The van der Waals surface area contributed by atoms with Crippen LogP contribution in [0.2, 0.25) is 0 Å². The second-order valence-electron chi connectivity index (χ2n) is 11.7. The minimum atomic E-state index is -0.376. The van der Waals surface area contributed by atoms with E-state index in [1.165, 1.54) is 0 Å². The fraction of sp³-hybridized carbons (Fsp3) is 0.571. The highest BCUT2D eigenvalue weighted by Crippen LogP contribution is 2.52. The van der Waals surface area contributed by atoms with Crippen LogP contribution in [-0.4, -0.2) is 24.3 Å². The lowest BCUT2D eigenvalue weighted by Crippen LogP contribution is -2.42. The van der Waals surface area contributed by atoms with Crippen LogP contribution in [0.5, 0.6) is 11.5 Å². The number of carbonyl (C=O) groups is 2. The minimum absolute atomic E-state index is 0.00498. The Hall–Kier alpha value is -1.83. The van der Waals surface area contributed by atoms with Gasteiger partial charge in [0.05, 0.1) is 16.3 Å². The van der Waals surface area contributed by atoms with Gasteiger partial charge in [-0.3, -0.25) is 9.59 Å². The molecule has 0 aromatic heterocycles. The molecule has 0 saturated carbocycles. The molecule has 0 saturated heterocycles. The van der Waals surface area contributed by atoms with E-state index in [0.29, 0.717) is 30.9 Å². The Morgan fingerprint density at radius 1 is 0.971 bits per heavy atom. The van der Waals surface area contributed by atoms with Crippen molar-refractivity contribution in [3.63, 3.8) is 0 Å². The van der Waals surface area contributed by atoms with E-state index in [4.69, 9.17) is 9.47 Å². The van der Waals surface area contributed by atoms with Crippen LogP contribution in [0.4, 0.5) is 0 Å². The van der Waals surface area contributed by atoms with Gasteiger partial charge in [-0.25, -0.2) is 0 Å². The van der Waals surface area contributed by atoms with E-state index in [1.54, 1.807) is 0 Å². The van der Waals surface area contributed by atoms with E-state index in [-0.39, 0.29) is 34.4 Å². The van der Waals surface area contributed by atoms with Gasteiger partial charge in [-0.1, -0.05) is 27.7 Å². The number of Topliss-reactive ketones (excluding diaryl/α,β-unsaturated/α-hetero) is 2. The zero-order chi connectivity index (χ0) is 25.0. The zero-order valence-corrected chi connectivity index (χ0v) is 23.5. The molecule has 0 unspecified atom stereocenters. The highest BCUT2D eigenvalue weighted by Gasteiger charge is 2.46. The van der Waals surface area contributed by atoms with Crippen LogP contribution < -0.4 is 14.8 Å². The molecule has 1 N–H and O–H groups in total. The summed E-state index contributed by atoms with van der Waals surface area (Å²) in [7, 11) is 0. The van der Waals surface area contributed by atoms with Gasteiger partial charge in [-0.15, -0.1) is 0 Å². The SMILES string of the molecule is CCOc1cc(C2C3=C(CC(C)(C)CC3=O)NC3=C2C(=O)CC(C)(C)C3)cc(I)c1OC(C)C. The van der Waals surface area contributed by atoms with Crippen molar-refractivity contribution in [2.75, 3.05) is 6.61 Å². The Morgan fingerprint density at radius 2 is 1.50 bits per heavy atom. The second-order valence-corrected chi connectivity index (χ2v) is 12.8. The largest absolute Gasteiger partial charge is 0.490 e. The zero-order valence-electron chi connectivity index (χ0n) is 21.4. The molecular weight excluding hydrogens is 541 g/mol. The number of hydrogen-bond donors (Lipinski definition) is 1. The highest BCUT2D eigenvalue weighted by atomic mass is 127. The van der Waals surface area contributed by atoms with Crippen molar-refractivity contribution in [2.45, 2.75) is 86.2 Å². The quantitative estimate of drug-likeness (QED) is 0.408. The van der Waals surface area contributed by atoms with Crippen LogP contribution in [0, 0.1) is 14.4 Å². The second kappa shape index (κ2) is 8.99.